The molecule has 2 aromatic carbocycles. The van der Waals surface area contributed by atoms with Crippen LogP contribution in [0.2, 0.25) is 0 Å². The molecule has 0 aromatic heterocycles. The Kier molecular flexibility index (Phi) is 7.99. The number of sulfonamides is 1. The van der Waals surface area contributed by atoms with Gasteiger partial charge >= 0.3 is 5.97 Å². The summed E-state index contributed by atoms with van der Waals surface area (Å²) < 4.78 is 58.5. The highest BCUT2D eigenvalue weighted by atomic mass is 35.5. The van der Waals surface area contributed by atoms with Gasteiger partial charge in [0.1, 0.15) is 22.9 Å². The van der Waals surface area contributed by atoms with Gasteiger partial charge in [0.25, 0.3) is 0 Å². The Balaban J connectivity index is 1.65. The zero-order valence-electron chi connectivity index (χ0n) is 19.7. The minimum atomic E-state index is -4.27. The van der Waals surface area contributed by atoms with Crippen LogP contribution in [0.15, 0.2) is 53.4 Å². The van der Waals surface area contributed by atoms with Crippen molar-refractivity contribution in [2.75, 3.05) is 13.2 Å². The molecule has 2 bridgehead atoms. The van der Waals surface area contributed by atoms with Crippen LogP contribution in [0.5, 0.6) is 11.5 Å². The van der Waals surface area contributed by atoms with Crippen molar-refractivity contribution >= 4 is 32.8 Å². The molecular formula is C25H27ClFNO7S. The maximum atomic E-state index is 13.9. The van der Waals surface area contributed by atoms with Crippen molar-refractivity contribution in [1.82, 2.24) is 4.31 Å². The largest absolute Gasteiger partial charge is 0.466 e. The van der Waals surface area contributed by atoms with Crippen LogP contribution in [0.25, 0.3) is 0 Å². The molecule has 0 aliphatic carbocycles. The maximum absolute atomic E-state index is 13.9. The molecule has 4 rings (SSSR count). The number of hydrogen-bond acceptors (Lipinski definition) is 7. The summed E-state index contributed by atoms with van der Waals surface area (Å²) in [7, 11) is -4.27. The van der Waals surface area contributed by atoms with E-state index in [1.54, 1.807) is 6.92 Å². The summed E-state index contributed by atoms with van der Waals surface area (Å²) in [5.74, 6) is -0.262. The molecule has 0 N–H and O–H groups in total. The quantitative estimate of drug-likeness (QED) is 0.326. The Hall–Kier alpha value is -2.53. The van der Waals surface area contributed by atoms with E-state index in [-0.39, 0.29) is 49.5 Å². The molecule has 2 aliphatic rings. The minimum Gasteiger partial charge on any atom is -0.466 e. The van der Waals surface area contributed by atoms with E-state index in [2.05, 4.69) is 0 Å². The number of carbonyl (C=O) groups is 2. The third-order valence-corrected chi connectivity index (χ3v) is 8.79. The number of rotatable bonds is 10. The van der Waals surface area contributed by atoms with E-state index in [4.69, 9.17) is 25.8 Å². The lowest BCUT2D eigenvalue weighted by molar-refractivity contribution is -0.144. The second-order valence-corrected chi connectivity index (χ2v) is 11.0. The second-order valence-electron chi connectivity index (χ2n) is 8.83. The zero-order chi connectivity index (χ0) is 25.9. The number of benzene rings is 2. The van der Waals surface area contributed by atoms with Gasteiger partial charge in [-0.15, -0.1) is 0 Å². The lowest BCUT2D eigenvalue weighted by Crippen LogP contribution is -2.60. The predicted molar refractivity (Wildman–Crippen MR) is 129 cm³/mol. The molecule has 2 atom stereocenters. The van der Waals surface area contributed by atoms with Gasteiger partial charge in [0.15, 0.2) is 0 Å². The summed E-state index contributed by atoms with van der Waals surface area (Å²) >= 11 is 6.10. The Bertz CT molecular complexity index is 1190. The van der Waals surface area contributed by atoms with Crippen molar-refractivity contribution in [3.8, 4) is 11.5 Å². The van der Waals surface area contributed by atoms with Gasteiger partial charge < -0.3 is 14.2 Å². The molecule has 0 amide bonds. The van der Waals surface area contributed by atoms with Crippen molar-refractivity contribution in [2.45, 2.75) is 61.7 Å². The third kappa shape index (κ3) is 5.56. The molecule has 194 valence electrons. The van der Waals surface area contributed by atoms with Gasteiger partial charge in [-0.2, -0.15) is 4.31 Å². The molecule has 2 heterocycles. The molecule has 2 aliphatic heterocycles. The van der Waals surface area contributed by atoms with Crippen LogP contribution >= 0.6 is 11.6 Å². The standard InChI is InChI=1S/C25H27ClFNO7S/c1-2-33-23(29)13-14-28(25(24(26)30)15-20-7-8-21(16-25)35-20)36(31,32)22-11-9-19(10-12-22)34-18-5-3-17(27)4-6-18/h3-6,9-12,20-21H,2,7-8,13-16H2,1H3. The minimum absolute atomic E-state index is 0.0889. The first-order valence-electron chi connectivity index (χ1n) is 11.7. The van der Waals surface area contributed by atoms with E-state index in [0.717, 1.165) is 4.31 Å². The average Bonchev–Trinajstić information content (AvgIpc) is 3.19. The van der Waals surface area contributed by atoms with Crippen LogP contribution in [0.1, 0.15) is 39.0 Å². The van der Waals surface area contributed by atoms with E-state index < -0.39 is 32.6 Å². The summed E-state index contributed by atoms with van der Waals surface area (Å²) in [5, 5.41) is -0.800. The third-order valence-electron chi connectivity index (χ3n) is 6.45. The van der Waals surface area contributed by atoms with Gasteiger partial charge in [0.05, 0.1) is 30.1 Å². The van der Waals surface area contributed by atoms with Crippen molar-refractivity contribution < 1.29 is 36.6 Å². The van der Waals surface area contributed by atoms with E-state index in [1.165, 1.54) is 48.5 Å². The smallest absolute Gasteiger partial charge is 0.307 e. The molecular weight excluding hydrogens is 513 g/mol. The van der Waals surface area contributed by atoms with Crippen LogP contribution in [0.4, 0.5) is 4.39 Å². The van der Waals surface area contributed by atoms with Crippen LogP contribution in [-0.2, 0) is 29.1 Å². The van der Waals surface area contributed by atoms with Crippen LogP contribution < -0.4 is 4.74 Å². The Morgan fingerprint density at radius 3 is 2.14 bits per heavy atom. The van der Waals surface area contributed by atoms with Gasteiger partial charge in [-0.1, -0.05) is 0 Å². The summed E-state index contributed by atoms with van der Waals surface area (Å²) in [6, 6.07) is 11.0. The zero-order valence-corrected chi connectivity index (χ0v) is 21.3. The van der Waals surface area contributed by atoms with E-state index >= 15 is 0 Å². The number of carbonyl (C=O) groups excluding carboxylic acids is 2. The Morgan fingerprint density at radius 1 is 1.06 bits per heavy atom. The topological polar surface area (TPSA) is 99.2 Å². The van der Waals surface area contributed by atoms with Crippen LogP contribution in [0, 0.1) is 5.82 Å². The normalized spacial score (nSPS) is 23.4. The number of nitrogens with zero attached hydrogens (tertiary/aromatic N) is 1. The SMILES string of the molecule is CCOC(=O)CCN(C1(C(=O)Cl)CC2CCC(C1)O2)S(=O)(=O)c1ccc(Oc2ccc(F)cc2)cc1. The van der Waals surface area contributed by atoms with Crippen molar-refractivity contribution in [3.63, 3.8) is 0 Å². The molecule has 2 fully saturated rings. The summed E-state index contributed by atoms with van der Waals surface area (Å²) in [6.07, 6.45) is 0.812. The number of halogens is 2. The molecule has 8 nitrogen and oxygen atoms in total. The van der Waals surface area contributed by atoms with E-state index in [1.807, 2.05) is 0 Å². The molecule has 2 unspecified atom stereocenters. The first-order valence-corrected chi connectivity index (χ1v) is 13.5. The van der Waals surface area contributed by atoms with Gasteiger partial charge in [-0.25, -0.2) is 12.8 Å². The molecule has 2 saturated heterocycles. The molecule has 0 saturated carbocycles. The summed E-state index contributed by atoms with van der Waals surface area (Å²) in [6.45, 7) is 1.54. The Morgan fingerprint density at radius 2 is 1.61 bits per heavy atom. The van der Waals surface area contributed by atoms with Crippen molar-refractivity contribution in [1.29, 1.82) is 0 Å². The highest BCUT2D eigenvalue weighted by molar-refractivity contribution is 7.89. The number of hydrogen-bond donors (Lipinski definition) is 0. The van der Waals surface area contributed by atoms with E-state index in [0.29, 0.717) is 24.3 Å². The number of ether oxygens (including phenoxy) is 3. The predicted octanol–water partition coefficient (Wildman–Crippen LogP) is 4.41. The highest BCUT2D eigenvalue weighted by Crippen LogP contribution is 2.45. The van der Waals surface area contributed by atoms with Crippen LogP contribution in [0.3, 0.4) is 0 Å². The van der Waals surface area contributed by atoms with Gasteiger partial charge in [-0.05, 0) is 79.9 Å². The van der Waals surface area contributed by atoms with Gasteiger partial charge in [0, 0.05) is 19.4 Å². The fourth-order valence-electron chi connectivity index (χ4n) is 4.82. The fourth-order valence-corrected chi connectivity index (χ4v) is 6.88. The molecule has 0 radical (unpaired) electrons. The van der Waals surface area contributed by atoms with Crippen molar-refractivity contribution in [3.05, 3.63) is 54.3 Å². The van der Waals surface area contributed by atoms with E-state index in [9.17, 15) is 22.4 Å². The lowest BCUT2D eigenvalue weighted by Gasteiger charge is -2.44. The molecule has 2 aromatic rings. The van der Waals surface area contributed by atoms with Crippen LogP contribution in [-0.4, -0.2) is 54.8 Å². The number of esters is 1. The van der Waals surface area contributed by atoms with Gasteiger partial charge in [0.2, 0.25) is 15.3 Å². The molecule has 11 heteroatoms. The Labute approximate surface area is 214 Å². The van der Waals surface area contributed by atoms with Crippen molar-refractivity contribution in [2.24, 2.45) is 0 Å². The average molecular weight is 540 g/mol. The summed E-state index contributed by atoms with van der Waals surface area (Å²) in [5.41, 5.74) is -1.54. The monoisotopic (exact) mass is 539 g/mol. The number of fused-ring (bicyclic) bond motifs is 2. The second kappa shape index (κ2) is 10.8. The first-order chi connectivity index (χ1) is 17.1. The van der Waals surface area contributed by atoms with Gasteiger partial charge in [-0.3, -0.25) is 9.59 Å². The molecule has 0 spiro atoms. The summed E-state index contributed by atoms with van der Waals surface area (Å²) in [4.78, 5) is 24.9. The first kappa shape index (κ1) is 26.5. The lowest BCUT2D eigenvalue weighted by atomic mass is 9.87. The maximum Gasteiger partial charge on any atom is 0.307 e. The molecule has 36 heavy (non-hydrogen) atoms. The highest BCUT2D eigenvalue weighted by Gasteiger charge is 2.56. The fraction of sp³-hybridized carbons (Fsp3) is 0.440.